The second-order valence-electron chi connectivity index (χ2n) is 26.3. The number of esters is 2. The van der Waals surface area contributed by atoms with Crippen LogP contribution in [-0.2, 0) is 32.7 Å². The number of phosphoric ester groups is 1. The summed E-state index contributed by atoms with van der Waals surface area (Å²) in [6, 6.07) is 0. The lowest BCUT2D eigenvalue weighted by atomic mass is 10.0. The summed E-state index contributed by atoms with van der Waals surface area (Å²) in [5, 5.41) is 0. The molecule has 0 bridgehead atoms. The molecule has 2 unspecified atom stereocenters. The van der Waals surface area contributed by atoms with Crippen molar-refractivity contribution in [3.63, 3.8) is 0 Å². The van der Waals surface area contributed by atoms with E-state index in [4.69, 9.17) is 18.5 Å². The first-order chi connectivity index (χ1) is 41.0. The van der Waals surface area contributed by atoms with E-state index < -0.39 is 26.5 Å². The number of quaternary nitrogens is 1. The van der Waals surface area contributed by atoms with Gasteiger partial charge in [-0.3, -0.25) is 18.6 Å². The van der Waals surface area contributed by atoms with Crippen LogP contribution in [0.5, 0.6) is 0 Å². The molecule has 0 fully saturated rings. The van der Waals surface area contributed by atoms with Gasteiger partial charge in [0.2, 0.25) is 0 Å². The van der Waals surface area contributed by atoms with E-state index in [0.29, 0.717) is 23.9 Å². The molecule has 0 aromatic heterocycles. The van der Waals surface area contributed by atoms with Crippen molar-refractivity contribution in [1.29, 1.82) is 0 Å². The average molecular weight is 1210 g/mol. The predicted octanol–water partition coefficient (Wildman–Crippen LogP) is 23.8. The first-order valence-electron chi connectivity index (χ1n) is 36.7. The number of hydrogen-bond acceptors (Lipinski definition) is 7. The first-order valence-corrected chi connectivity index (χ1v) is 38.2. The molecule has 0 aliphatic carbocycles. The summed E-state index contributed by atoms with van der Waals surface area (Å²) in [5.41, 5.74) is 0. The molecule has 0 amide bonds. The molecule has 0 aliphatic rings. The standard InChI is InChI=1S/C74H142NO8P/c1-6-8-10-12-14-16-18-20-22-24-26-28-30-32-33-34-35-36-37-38-39-40-41-43-44-46-48-50-52-54-56-58-60-62-64-66-73(76)80-70-72(71-82-84(78,79)81-69-68-75(3,4)5)83-74(77)67-65-63-61-59-57-55-53-51-49-47-45-42-31-29-27-25-23-21-19-17-15-13-11-9-7-2/h19,21,24-27,72H,6-18,20,22-23,28-71H2,1-5H3/p+1/b21-19-,26-24-,27-25-. The molecule has 0 radical (unpaired) electrons. The number of carbonyl (C=O) groups excluding carboxylic acids is 2. The number of carbonyl (C=O) groups is 2. The Balaban J connectivity index is 3.94. The SMILES string of the molecule is CCCCCCC/C=C\C/C=C\CCCCCCCCCCCCCCCC(=O)OC(COC(=O)CCCCCCCCCCCCCCCCCCCCCCCCC/C=C\CCCCCCCCCC)COP(=O)(O)OCC[N+](C)(C)C. The minimum Gasteiger partial charge on any atom is -0.462 e. The fourth-order valence-electron chi connectivity index (χ4n) is 11.0. The van der Waals surface area contributed by atoms with Crippen LogP contribution in [0.25, 0.3) is 0 Å². The molecule has 0 aromatic carbocycles. The lowest BCUT2D eigenvalue weighted by molar-refractivity contribution is -0.870. The molecule has 0 aliphatic heterocycles. The quantitative estimate of drug-likeness (QED) is 0.0211. The maximum absolute atomic E-state index is 12.9. The molecule has 10 heteroatoms. The van der Waals surface area contributed by atoms with Gasteiger partial charge < -0.3 is 18.9 Å². The van der Waals surface area contributed by atoms with Crippen molar-refractivity contribution in [1.82, 2.24) is 0 Å². The molecule has 0 heterocycles. The van der Waals surface area contributed by atoms with Gasteiger partial charge >= 0.3 is 19.8 Å². The summed E-state index contributed by atoms with van der Waals surface area (Å²) >= 11 is 0. The Kier molecular flexibility index (Phi) is 64.3. The van der Waals surface area contributed by atoms with Crippen LogP contribution in [0.2, 0.25) is 0 Å². The molecule has 1 N–H and O–H groups in total. The highest BCUT2D eigenvalue weighted by Gasteiger charge is 2.27. The summed E-state index contributed by atoms with van der Waals surface area (Å²) < 4.78 is 34.8. The highest BCUT2D eigenvalue weighted by Crippen LogP contribution is 2.43. The summed E-state index contributed by atoms with van der Waals surface area (Å²) in [5.74, 6) is -0.777. The van der Waals surface area contributed by atoms with Crippen molar-refractivity contribution in [2.45, 2.75) is 380 Å². The van der Waals surface area contributed by atoms with Crippen LogP contribution in [0.3, 0.4) is 0 Å². The van der Waals surface area contributed by atoms with E-state index >= 15 is 0 Å². The summed E-state index contributed by atoms with van der Waals surface area (Å²) in [6.07, 6.45) is 84.1. The Morgan fingerprint density at radius 2 is 0.643 bits per heavy atom. The van der Waals surface area contributed by atoms with Gasteiger partial charge in [-0.1, -0.05) is 326 Å². The Morgan fingerprint density at radius 1 is 0.369 bits per heavy atom. The second kappa shape index (κ2) is 65.7. The third-order valence-electron chi connectivity index (χ3n) is 16.6. The van der Waals surface area contributed by atoms with Crippen LogP contribution < -0.4 is 0 Å². The van der Waals surface area contributed by atoms with Crippen LogP contribution in [0.15, 0.2) is 36.5 Å². The average Bonchev–Trinajstić information content (AvgIpc) is 3.60. The van der Waals surface area contributed by atoms with Gasteiger partial charge in [-0.25, -0.2) is 4.57 Å². The predicted molar refractivity (Wildman–Crippen MR) is 363 cm³/mol. The van der Waals surface area contributed by atoms with Gasteiger partial charge in [-0.15, -0.1) is 0 Å². The van der Waals surface area contributed by atoms with Crippen molar-refractivity contribution in [2.24, 2.45) is 0 Å². The molecule has 84 heavy (non-hydrogen) atoms. The van der Waals surface area contributed by atoms with Crippen LogP contribution >= 0.6 is 7.82 Å². The second-order valence-corrected chi connectivity index (χ2v) is 27.8. The molecular weight excluding hydrogens is 1060 g/mol. The van der Waals surface area contributed by atoms with Gasteiger partial charge in [-0.05, 0) is 70.6 Å². The van der Waals surface area contributed by atoms with Crippen molar-refractivity contribution in [3.05, 3.63) is 36.5 Å². The number of nitrogens with zero attached hydrogens (tertiary/aromatic N) is 1. The number of unbranched alkanes of at least 4 members (excludes halogenated alkanes) is 49. The van der Waals surface area contributed by atoms with E-state index in [1.54, 1.807) is 0 Å². The summed E-state index contributed by atoms with van der Waals surface area (Å²) in [4.78, 5) is 35.9. The zero-order valence-corrected chi connectivity index (χ0v) is 57.6. The van der Waals surface area contributed by atoms with Gasteiger partial charge in [0.25, 0.3) is 0 Å². The molecule has 0 saturated heterocycles. The van der Waals surface area contributed by atoms with Crippen LogP contribution in [-0.4, -0.2) is 74.9 Å². The normalized spacial score (nSPS) is 13.3. The number of ether oxygens (including phenoxy) is 2. The molecule has 0 saturated carbocycles. The third kappa shape index (κ3) is 69.3. The highest BCUT2D eigenvalue weighted by molar-refractivity contribution is 7.47. The monoisotopic (exact) mass is 1210 g/mol. The van der Waals surface area contributed by atoms with Gasteiger partial charge in [0, 0.05) is 12.8 Å². The Morgan fingerprint density at radius 3 is 0.952 bits per heavy atom. The highest BCUT2D eigenvalue weighted by atomic mass is 31.2. The van der Waals surface area contributed by atoms with Gasteiger partial charge in [0.15, 0.2) is 6.10 Å². The van der Waals surface area contributed by atoms with Crippen molar-refractivity contribution in [3.8, 4) is 0 Å². The number of hydrogen-bond donors (Lipinski definition) is 1. The lowest BCUT2D eigenvalue weighted by Crippen LogP contribution is -2.37. The van der Waals surface area contributed by atoms with Gasteiger partial charge in [0.1, 0.15) is 19.8 Å². The summed E-state index contributed by atoms with van der Waals surface area (Å²) in [6.45, 7) is 4.49. The minimum absolute atomic E-state index is 0.0340. The number of likely N-dealkylation sites (N-methyl/N-ethyl adjacent to an activating group) is 1. The molecule has 0 spiro atoms. The Labute approximate surface area is 522 Å². The molecule has 0 rings (SSSR count). The zero-order valence-electron chi connectivity index (χ0n) is 56.7. The first kappa shape index (κ1) is 82.2. The van der Waals surface area contributed by atoms with Crippen LogP contribution in [0, 0.1) is 0 Å². The van der Waals surface area contributed by atoms with E-state index in [1.807, 2.05) is 21.1 Å². The van der Waals surface area contributed by atoms with Crippen molar-refractivity contribution < 1.29 is 42.1 Å². The Bertz CT molecular complexity index is 1510. The van der Waals surface area contributed by atoms with E-state index in [9.17, 15) is 19.0 Å². The molecular formula is C74H143NO8P+. The van der Waals surface area contributed by atoms with E-state index in [1.165, 1.54) is 302 Å². The van der Waals surface area contributed by atoms with E-state index in [0.717, 1.165) is 38.5 Å². The fourth-order valence-corrected chi connectivity index (χ4v) is 11.7. The topological polar surface area (TPSA) is 108 Å². The van der Waals surface area contributed by atoms with Crippen LogP contribution in [0.4, 0.5) is 0 Å². The number of rotatable bonds is 69. The van der Waals surface area contributed by atoms with E-state index in [2.05, 4.69) is 50.3 Å². The van der Waals surface area contributed by atoms with E-state index in [-0.39, 0.29) is 25.6 Å². The lowest BCUT2D eigenvalue weighted by Gasteiger charge is -2.24. The number of allylic oxidation sites excluding steroid dienone is 6. The zero-order chi connectivity index (χ0) is 61.2. The van der Waals surface area contributed by atoms with Gasteiger partial charge in [-0.2, -0.15) is 0 Å². The maximum Gasteiger partial charge on any atom is 0.472 e. The summed E-state index contributed by atoms with van der Waals surface area (Å²) in [7, 11) is 1.50. The van der Waals surface area contributed by atoms with Gasteiger partial charge in [0.05, 0.1) is 27.7 Å². The smallest absolute Gasteiger partial charge is 0.462 e. The molecule has 2 atom stereocenters. The number of phosphoric acid groups is 1. The Hall–Kier alpha value is -1.77. The third-order valence-corrected chi connectivity index (χ3v) is 17.6. The van der Waals surface area contributed by atoms with Crippen molar-refractivity contribution in [2.75, 3.05) is 47.5 Å². The molecule has 496 valence electrons. The van der Waals surface area contributed by atoms with Crippen LogP contribution in [0.1, 0.15) is 373 Å². The fraction of sp³-hybridized carbons (Fsp3) is 0.892. The minimum atomic E-state index is -4.39. The largest absolute Gasteiger partial charge is 0.472 e. The van der Waals surface area contributed by atoms with Crippen molar-refractivity contribution >= 4 is 19.8 Å². The molecule has 9 nitrogen and oxygen atoms in total. The maximum atomic E-state index is 12.9. The molecule has 0 aromatic rings.